The average molecular weight is 332 g/mol. The van der Waals surface area contributed by atoms with Crippen LogP contribution in [0.2, 0.25) is 0 Å². The lowest BCUT2D eigenvalue weighted by Gasteiger charge is -2.13. The van der Waals surface area contributed by atoms with Crippen molar-refractivity contribution < 1.29 is 9.13 Å². The standard InChI is InChI=1S/C16H17FN4OS/c1-21(2)15-6-10(18-8-12(15)17)9-23-16-19-13-5-4-11(22-3)7-14(13)20-16/h4-8H,9H2,1-3H3,(H,19,20). The second-order valence-electron chi connectivity index (χ2n) is 5.24. The molecular weight excluding hydrogens is 315 g/mol. The van der Waals surface area contributed by atoms with Crippen LogP contribution < -0.4 is 9.64 Å². The van der Waals surface area contributed by atoms with Crippen molar-refractivity contribution in [1.82, 2.24) is 15.0 Å². The number of anilines is 1. The number of pyridine rings is 1. The van der Waals surface area contributed by atoms with Crippen molar-refractivity contribution in [3.05, 3.63) is 42.0 Å². The number of nitrogens with one attached hydrogen (secondary N) is 1. The van der Waals surface area contributed by atoms with Crippen molar-refractivity contribution in [2.75, 3.05) is 26.1 Å². The van der Waals surface area contributed by atoms with Gasteiger partial charge in [-0.3, -0.25) is 4.98 Å². The number of benzene rings is 1. The summed E-state index contributed by atoms with van der Waals surface area (Å²) in [4.78, 5) is 13.6. The van der Waals surface area contributed by atoms with Crippen molar-refractivity contribution in [2.24, 2.45) is 0 Å². The zero-order valence-corrected chi connectivity index (χ0v) is 13.9. The van der Waals surface area contributed by atoms with Gasteiger partial charge in [0.15, 0.2) is 11.0 Å². The summed E-state index contributed by atoms with van der Waals surface area (Å²) in [5, 5.41) is 0.797. The van der Waals surface area contributed by atoms with E-state index in [4.69, 9.17) is 4.74 Å². The summed E-state index contributed by atoms with van der Waals surface area (Å²) >= 11 is 1.53. The fourth-order valence-electron chi connectivity index (χ4n) is 2.19. The molecule has 0 saturated carbocycles. The quantitative estimate of drug-likeness (QED) is 0.725. The maximum atomic E-state index is 13.7. The third-order valence-corrected chi connectivity index (χ3v) is 4.31. The molecule has 0 saturated heterocycles. The topological polar surface area (TPSA) is 54.0 Å². The van der Waals surface area contributed by atoms with Gasteiger partial charge in [0.2, 0.25) is 0 Å². The van der Waals surface area contributed by atoms with Crippen LogP contribution >= 0.6 is 11.8 Å². The molecule has 0 aliphatic rings. The summed E-state index contributed by atoms with van der Waals surface area (Å²) in [7, 11) is 5.25. The average Bonchev–Trinajstić information content (AvgIpc) is 2.95. The van der Waals surface area contributed by atoms with Crippen molar-refractivity contribution in [3.63, 3.8) is 0 Å². The van der Waals surface area contributed by atoms with E-state index in [1.54, 1.807) is 18.1 Å². The molecule has 0 radical (unpaired) electrons. The first-order valence-electron chi connectivity index (χ1n) is 7.05. The van der Waals surface area contributed by atoms with Gasteiger partial charge >= 0.3 is 0 Å². The molecule has 3 rings (SSSR count). The number of thioether (sulfide) groups is 1. The highest BCUT2D eigenvalue weighted by molar-refractivity contribution is 7.98. The second-order valence-corrected chi connectivity index (χ2v) is 6.20. The predicted molar refractivity (Wildman–Crippen MR) is 90.7 cm³/mol. The molecule has 0 spiro atoms. The molecule has 5 nitrogen and oxygen atoms in total. The Bertz CT molecular complexity index is 834. The summed E-state index contributed by atoms with van der Waals surface area (Å²) in [5.41, 5.74) is 3.14. The van der Waals surface area contributed by atoms with Gasteiger partial charge in [0.1, 0.15) is 5.75 Å². The van der Waals surface area contributed by atoms with E-state index in [0.29, 0.717) is 11.4 Å². The molecule has 0 atom stereocenters. The maximum absolute atomic E-state index is 13.7. The largest absolute Gasteiger partial charge is 0.497 e. The van der Waals surface area contributed by atoms with E-state index in [-0.39, 0.29) is 5.82 Å². The molecule has 2 heterocycles. The molecule has 0 aliphatic heterocycles. The first-order chi connectivity index (χ1) is 11.1. The predicted octanol–water partition coefficient (Wildman–Crippen LogP) is 3.46. The Balaban J connectivity index is 1.76. The van der Waals surface area contributed by atoms with Gasteiger partial charge in [-0.25, -0.2) is 9.37 Å². The van der Waals surface area contributed by atoms with E-state index in [2.05, 4.69) is 15.0 Å². The van der Waals surface area contributed by atoms with Crippen LogP contribution in [0.3, 0.4) is 0 Å². The number of hydrogen-bond donors (Lipinski definition) is 1. The molecule has 1 N–H and O–H groups in total. The fourth-order valence-corrected chi connectivity index (χ4v) is 2.98. The van der Waals surface area contributed by atoms with E-state index in [0.717, 1.165) is 27.6 Å². The first-order valence-corrected chi connectivity index (χ1v) is 8.03. The van der Waals surface area contributed by atoms with Crippen LogP contribution in [0, 0.1) is 5.82 Å². The summed E-state index contributed by atoms with van der Waals surface area (Å²) in [6, 6.07) is 7.47. The second kappa shape index (κ2) is 6.45. The van der Waals surface area contributed by atoms with E-state index in [1.165, 1.54) is 18.0 Å². The van der Waals surface area contributed by atoms with Gasteiger partial charge in [0.05, 0.1) is 35.7 Å². The highest BCUT2D eigenvalue weighted by Crippen LogP contribution is 2.26. The van der Waals surface area contributed by atoms with Crippen LogP contribution in [0.15, 0.2) is 35.6 Å². The number of methoxy groups -OCH3 is 1. The fraction of sp³-hybridized carbons (Fsp3) is 0.250. The number of fused-ring (bicyclic) bond motifs is 1. The van der Waals surface area contributed by atoms with E-state index < -0.39 is 0 Å². The summed E-state index contributed by atoms with van der Waals surface area (Å²) < 4.78 is 18.9. The van der Waals surface area contributed by atoms with Gasteiger partial charge in [-0.2, -0.15) is 0 Å². The number of ether oxygens (including phenoxy) is 1. The van der Waals surface area contributed by atoms with Crippen molar-refractivity contribution in [2.45, 2.75) is 10.9 Å². The molecule has 0 fully saturated rings. The van der Waals surface area contributed by atoms with Gasteiger partial charge in [0, 0.05) is 25.9 Å². The lowest BCUT2D eigenvalue weighted by molar-refractivity contribution is 0.415. The zero-order chi connectivity index (χ0) is 16.4. The van der Waals surface area contributed by atoms with E-state index in [9.17, 15) is 4.39 Å². The number of halogens is 1. The number of imidazole rings is 1. The Hall–Kier alpha value is -2.28. The van der Waals surface area contributed by atoms with Crippen LogP contribution in [-0.4, -0.2) is 36.2 Å². The molecule has 0 aliphatic carbocycles. The molecule has 1 aromatic carbocycles. The minimum Gasteiger partial charge on any atom is -0.497 e. The van der Waals surface area contributed by atoms with Crippen molar-refractivity contribution in [1.29, 1.82) is 0 Å². The highest BCUT2D eigenvalue weighted by atomic mass is 32.2. The first kappa shape index (κ1) is 15.6. The van der Waals surface area contributed by atoms with E-state index >= 15 is 0 Å². The Labute approximate surface area is 137 Å². The third-order valence-electron chi connectivity index (χ3n) is 3.40. The van der Waals surface area contributed by atoms with Gasteiger partial charge < -0.3 is 14.6 Å². The highest BCUT2D eigenvalue weighted by Gasteiger charge is 2.09. The molecule has 23 heavy (non-hydrogen) atoms. The number of aromatic nitrogens is 3. The summed E-state index contributed by atoms with van der Waals surface area (Å²) in [5.74, 6) is 1.06. The van der Waals surface area contributed by atoms with Gasteiger partial charge in [-0.1, -0.05) is 11.8 Å². The molecule has 3 aromatic rings. The normalized spacial score (nSPS) is 11.0. The summed E-state index contributed by atoms with van der Waals surface area (Å²) in [6.45, 7) is 0. The Morgan fingerprint density at radius 1 is 1.30 bits per heavy atom. The molecule has 0 amide bonds. The molecule has 120 valence electrons. The van der Waals surface area contributed by atoms with Gasteiger partial charge in [0.25, 0.3) is 0 Å². The molecule has 0 unspecified atom stereocenters. The van der Waals surface area contributed by atoms with Crippen LogP contribution in [0.1, 0.15) is 5.69 Å². The van der Waals surface area contributed by atoms with Crippen molar-refractivity contribution >= 4 is 28.5 Å². The molecular formula is C16H17FN4OS. The number of nitrogens with zero attached hydrogens (tertiary/aromatic N) is 3. The zero-order valence-electron chi connectivity index (χ0n) is 13.1. The number of rotatable bonds is 5. The van der Waals surface area contributed by atoms with Crippen LogP contribution in [-0.2, 0) is 5.75 Å². The van der Waals surface area contributed by atoms with Gasteiger partial charge in [-0.05, 0) is 18.2 Å². The minimum absolute atomic E-state index is 0.320. The lowest BCUT2D eigenvalue weighted by atomic mass is 10.3. The number of aromatic amines is 1. The van der Waals surface area contributed by atoms with E-state index in [1.807, 2.05) is 32.3 Å². The number of hydrogen-bond acceptors (Lipinski definition) is 5. The number of H-pyrrole nitrogens is 1. The van der Waals surface area contributed by atoms with Crippen LogP contribution in [0.5, 0.6) is 5.75 Å². The van der Waals surface area contributed by atoms with Crippen LogP contribution in [0.4, 0.5) is 10.1 Å². The Morgan fingerprint density at radius 3 is 2.87 bits per heavy atom. The van der Waals surface area contributed by atoms with Crippen molar-refractivity contribution in [3.8, 4) is 5.75 Å². The monoisotopic (exact) mass is 332 g/mol. The SMILES string of the molecule is COc1ccc2[nH]c(SCc3cc(N(C)C)c(F)cn3)nc2c1. The lowest BCUT2D eigenvalue weighted by Crippen LogP contribution is -2.11. The van der Waals surface area contributed by atoms with Gasteiger partial charge in [-0.15, -0.1) is 0 Å². The minimum atomic E-state index is -0.320. The smallest absolute Gasteiger partial charge is 0.166 e. The molecule has 7 heteroatoms. The Morgan fingerprint density at radius 2 is 2.13 bits per heavy atom. The van der Waals surface area contributed by atoms with Crippen LogP contribution in [0.25, 0.3) is 11.0 Å². The maximum Gasteiger partial charge on any atom is 0.166 e. The Kier molecular flexibility index (Phi) is 4.38. The summed E-state index contributed by atoms with van der Waals surface area (Å²) in [6.07, 6.45) is 1.26. The third kappa shape index (κ3) is 3.39. The molecule has 0 bridgehead atoms. The molecule has 2 aromatic heterocycles.